The van der Waals surface area contributed by atoms with Gasteiger partial charge in [-0.3, -0.25) is 0 Å². The Morgan fingerprint density at radius 3 is 2.64 bits per heavy atom. The molecule has 0 aliphatic carbocycles. The van der Waals surface area contributed by atoms with Crippen LogP contribution in [0, 0.1) is 5.92 Å². The number of halogens is 1. The first-order chi connectivity index (χ1) is 5.05. The van der Waals surface area contributed by atoms with Crippen LogP contribution < -0.4 is 0 Å². The molecule has 1 heterocycles. The second kappa shape index (κ2) is 3.58. The molecule has 0 aromatic carbocycles. The summed E-state index contributed by atoms with van der Waals surface area (Å²) in [6.45, 7) is 6.87. The van der Waals surface area contributed by atoms with Crippen LogP contribution in [0.2, 0.25) is 0 Å². The summed E-state index contributed by atoms with van der Waals surface area (Å²) in [6.07, 6.45) is 0.293. The lowest BCUT2D eigenvalue weighted by atomic mass is 10.1. The zero-order valence-electron chi connectivity index (χ0n) is 7.26. The normalized spacial score (nSPS) is 32.2. The first-order valence-corrected chi connectivity index (χ1v) is 5.45. The van der Waals surface area contributed by atoms with E-state index in [1.807, 2.05) is 13.8 Å². The van der Waals surface area contributed by atoms with Crippen molar-refractivity contribution in [3.05, 3.63) is 0 Å². The van der Waals surface area contributed by atoms with Crippen LogP contribution in [0.15, 0.2) is 0 Å². The van der Waals surface area contributed by atoms with Crippen molar-refractivity contribution in [1.29, 1.82) is 0 Å². The molecule has 0 N–H and O–H groups in total. The highest BCUT2D eigenvalue weighted by atomic mass is 127. The lowest BCUT2D eigenvalue weighted by Gasteiger charge is -2.19. The van der Waals surface area contributed by atoms with E-state index in [-0.39, 0.29) is 5.79 Å². The van der Waals surface area contributed by atoms with E-state index in [1.165, 1.54) is 0 Å². The fraction of sp³-hybridized carbons (Fsp3) is 1.00. The Labute approximate surface area is 81.8 Å². The van der Waals surface area contributed by atoms with Crippen molar-refractivity contribution < 1.29 is 9.47 Å². The minimum atomic E-state index is -0.356. The van der Waals surface area contributed by atoms with Gasteiger partial charge in [0.1, 0.15) is 0 Å². The second-order valence-electron chi connectivity index (χ2n) is 3.50. The highest BCUT2D eigenvalue weighted by molar-refractivity contribution is 14.1. The Balaban J connectivity index is 2.41. The highest BCUT2D eigenvalue weighted by Gasteiger charge is 2.34. The van der Waals surface area contributed by atoms with Gasteiger partial charge in [0.2, 0.25) is 0 Å². The topological polar surface area (TPSA) is 18.5 Å². The molecule has 2 nitrogen and oxygen atoms in total. The van der Waals surface area contributed by atoms with Crippen molar-refractivity contribution in [1.82, 2.24) is 0 Å². The maximum Gasteiger partial charge on any atom is 0.163 e. The number of rotatable bonds is 2. The SMILES string of the molecule is C[C@H](CI)[C@H]1COC(C)(C)O1. The second-order valence-corrected chi connectivity index (χ2v) is 4.38. The van der Waals surface area contributed by atoms with E-state index in [0.717, 1.165) is 11.0 Å². The van der Waals surface area contributed by atoms with Crippen LogP contribution in [-0.4, -0.2) is 22.9 Å². The lowest BCUT2D eigenvalue weighted by Crippen LogP contribution is -2.25. The van der Waals surface area contributed by atoms with E-state index in [0.29, 0.717) is 12.0 Å². The first kappa shape index (κ1) is 9.74. The van der Waals surface area contributed by atoms with Crippen LogP contribution in [0.3, 0.4) is 0 Å². The molecular formula is C8H15IO2. The smallest absolute Gasteiger partial charge is 0.163 e. The summed E-state index contributed by atoms with van der Waals surface area (Å²) >= 11 is 2.38. The molecule has 0 radical (unpaired) electrons. The molecule has 1 aliphatic rings. The van der Waals surface area contributed by atoms with Gasteiger partial charge in [0, 0.05) is 4.43 Å². The summed E-state index contributed by atoms with van der Waals surface area (Å²) in [4.78, 5) is 0. The van der Waals surface area contributed by atoms with E-state index in [1.54, 1.807) is 0 Å². The maximum absolute atomic E-state index is 5.67. The van der Waals surface area contributed by atoms with Crippen LogP contribution in [0.25, 0.3) is 0 Å². The summed E-state index contributed by atoms with van der Waals surface area (Å²) < 4.78 is 12.3. The summed E-state index contributed by atoms with van der Waals surface area (Å²) in [7, 11) is 0. The summed E-state index contributed by atoms with van der Waals surface area (Å²) in [5, 5.41) is 0. The van der Waals surface area contributed by atoms with Gasteiger partial charge in [0.15, 0.2) is 5.79 Å². The van der Waals surface area contributed by atoms with Crippen molar-refractivity contribution in [3.8, 4) is 0 Å². The molecule has 3 heteroatoms. The molecule has 1 aliphatic heterocycles. The molecule has 0 spiro atoms. The molecule has 0 unspecified atom stereocenters. The molecule has 0 bridgehead atoms. The number of hydrogen-bond acceptors (Lipinski definition) is 2. The predicted octanol–water partition coefficient (Wildman–Crippen LogP) is 2.21. The third-order valence-electron chi connectivity index (χ3n) is 1.91. The van der Waals surface area contributed by atoms with Crippen LogP contribution in [0.5, 0.6) is 0 Å². The van der Waals surface area contributed by atoms with Gasteiger partial charge in [0.05, 0.1) is 12.7 Å². The van der Waals surface area contributed by atoms with Crippen LogP contribution >= 0.6 is 22.6 Å². The average Bonchev–Trinajstić information content (AvgIpc) is 2.29. The van der Waals surface area contributed by atoms with Crippen LogP contribution in [-0.2, 0) is 9.47 Å². The molecule has 0 amide bonds. The van der Waals surface area contributed by atoms with Gasteiger partial charge < -0.3 is 9.47 Å². The third-order valence-corrected chi connectivity index (χ3v) is 3.30. The molecule has 1 saturated heterocycles. The fourth-order valence-electron chi connectivity index (χ4n) is 1.10. The van der Waals surface area contributed by atoms with Gasteiger partial charge >= 0.3 is 0 Å². The average molecular weight is 270 g/mol. The Morgan fingerprint density at radius 1 is 1.64 bits per heavy atom. The largest absolute Gasteiger partial charge is 0.348 e. The van der Waals surface area contributed by atoms with Crippen LogP contribution in [0.1, 0.15) is 20.8 Å². The van der Waals surface area contributed by atoms with Gasteiger partial charge in [0.25, 0.3) is 0 Å². The summed E-state index contributed by atoms with van der Waals surface area (Å²) in [6, 6.07) is 0. The standard InChI is InChI=1S/C8H15IO2/c1-6(4-9)7-5-10-8(2,3)11-7/h6-7H,4-5H2,1-3H3/t6-,7-/m1/s1. The first-order valence-electron chi connectivity index (χ1n) is 3.93. The van der Waals surface area contributed by atoms with E-state index < -0.39 is 0 Å². The minimum Gasteiger partial charge on any atom is -0.348 e. The molecule has 2 atom stereocenters. The van der Waals surface area contributed by atoms with Gasteiger partial charge in [-0.15, -0.1) is 0 Å². The third kappa shape index (κ3) is 2.56. The molecule has 0 aromatic rings. The number of hydrogen-bond donors (Lipinski definition) is 0. The van der Waals surface area contributed by atoms with Crippen molar-refractivity contribution in [2.24, 2.45) is 5.92 Å². The molecular weight excluding hydrogens is 255 g/mol. The van der Waals surface area contributed by atoms with Crippen molar-refractivity contribution in [2.45, 2.75) is 32.7 Å². The zero-order chi connectivity index (χ0) is 8.48. The van der Waals surface area contributed by atoms with Crippen molar-refractivity contribution >= 4 is 22.6 Å². The summed E-state index contributed by atoms with van der Waals surface area (Å²) in [5.74, 6) is 0.238. The maximum atomic E-state index is 5.67. The van der Waals surface area contributed by atoms with E-state index in [4.69, 9.17) is 9.47 Å². The highest BCUT2D eigenvalue weighted by Crippen LogP contribution is 2.27. The Kier molecular flexibility index (Phi) is 3.17. The van der Waals surface area contributed by atoms with Gasteiger partial charge in [-0.1, -0.05) is 29.5 Å². The quantitative estimate of drug-likeness (QED) is 0.565. The molecule has 0 aromatic heterocycles. The monoisotopic (exact) mass is 270 g/mol. The fourth-order valence-corrected chi connectivity index (χ4v) is 1.66. The van der Waals surface area contributed by atoms with Crippen molar-refractivity contribution in [2.75, 3.05) is 11.0 Å². The van der Waals surface area contributed by atoms with Gasteiger partial charge in [-0.25, -0.2) is 0 Å². The Morgan fingerprint density at radius 2 is 2.27 bits per heavy atom. The number of alkyl halides is 1. The Bertz CT molecular complexity index is 136. The number of ether oxygens (including phenoxy) is 2. The molecule has 0 saturated carbocycles. The van der Waals surface area contributed by atoms with Crippen LogP contribution in [0.4, 0.5) is 0 Å². The molecule has 66 valence electrons. The van der Waals surface area contributed by atoms with E-state index >= 15 is 0 Å². The minimum absolute atomic E-state index is 0.293. The van der Waals surface area contributed by atoms with Crippen molar-refractivity contribution in [3.63, 3.8) is 0 Å². The summed E-state index contributed by atoms with van der Waals surface area (Å²) in [5.41, 5.74) is 0. The van der Waals surface area contributed by atoms with E-state index in [2.05, 4.69) is 29.5 Å². The Hall–Kier alpha value is 0.650. The zero-order valence-corrected chi connectivity index (χ0v) is 9.42. The van der Waals surface area contributed by atoms with Gasteiger partial charge in [-0.2, -0.15) is 0 Å². The van der Waals surface area contributed by atoms with Gasteiger partial charge in [-0.05, 0) is 19.8 Å². The van der Waals surface area contributed by atoms with E-state index in [9.17, 15) is 0 Å². The predicted molar refractivity (Wildman–Crippen MR) is 53.0 cm³/mol. The lowest BCUT2D eigenvalue weighted by molar-refractivity contribution is -0.142. The molecule has 1 fully saturated rings. The molecule has 1 rings (SSSR count). The molecule has 11 heavy (non-hydrogen) atoms.